The van der Waals surface area contributed by atoms with Gasteiger partial charge in [-0.3, -0.25) is 4.68 Å². The van der Waals surface area contributed by atoms with Crippen molar-refractivity contribution in [2.24, 2.45) is 0 Å². The Hall–Kier alpha value is -1.55. The maximum atomic E-state index is 13.6. The molecule has 1 aromatic heterocycles. The zero-order chi connectivity index (χ0) is 13.8. The first-order valence-electron chi connectivity index (χ1n) is 6.33. The fourth-order valence-electron chi connectivity index (χ4n) is 1.72. The van der Waals surface area contributed by atoms with Gasteiger partial charge in [0.15, 0.2) is 0 Å². The van der Waals surface area contributed by atoms with Crippen molar-refractivity contribution in [2.45, 2.75) is 32.9 Å². The van der Waals surface area contributed by atoms with Crippen molar-refractivity contribution >= 4 is 17.3 Å². The van der Waals surface area contributed by atoms with E-state index in [0.717, 1.165) is 12.1 Å². The Morgan fingerprint density at radius 1 is 1.42 bits per heavy atom. The Morgan fingerprint density at radius 3 is 2.89 bits per heavy atom. The number of hydrogen-bond acceptors (Lipinski definition) is 2. The Bertz CT molecular complexity index is 553. The average molecular weight is 282 g/mol. The topological polar surface area (TPSA) is 29.9 Å². The predicted octanol–water partition coefficient (Wildman–Crippen LogP) is 4.26. The lowest BCUT2D eigenvalue weighted by atomic mass is 10.3. The number of nitrogens with zero attached hydrogens (tertiary/aromatic N) is 2. The number of hydrogen-bond donors (Lipinski definition) is 1. The van der Waals surface area contributed by atoms with Crippen LogP contribution in [-0.2, 0) is 6.54 Å². The SMILES string of the molecule is CCC(C)n1ccc(CNc2ccc(Cl)cc2F)n1. The normalized spacial score (nSPS) is 12.4. The fraction of sp³-hybridized carbons (Fsp3) is 0.357. The molecule has 0 amide bonds. The van der Waals surface area contributed by atoms with E-state index in [1.807, 2.05) is 16.9 Å². The van der Waals surface area contributed by atoms with Crippen LogP contribution in [0.15, 0.2) is 30.5 Å². The van der Waals surface area contributed by atoms with Gasteiger partial charge in [-0.05, 0) is 37.6 Å². The van der Waals surface area contributed by atoms with Crippen molar-refractivity contribution < 1.29 is 4.39 Å². The van der Waals surface area contributed by atoms with Crippen molar-refractivity contribution in [2.75, 3.05) is 5.32 Å². The Kier molecular flexibility index (Phi) is 4.43. The maximum absolute atomic E-state index is 13.6. The van der Waals surface area contributed by atoms with Crippen molar-refractivity contribution in [1.82, 2.24) is 9.78 Å². The molecule has 0 aliphatic rings. The predicted molar refractivity (Wildman–Crippen MR) is 76.0 cm³/mol. The van der Waals surface area contributed by atoms with Crippen LogP contribution in [0.2, 0.25) is 5.02 Å². The first kappa shape index (κ1) is 13.9. The van der Waals surface area contributed by atoms with Crippen LogP contribution in [0.25, 0.3) is 0 Å². The summed E-state index contributed by atoms with van der Waals surface area (Å²) in [5.74, 6) is -0.353. The molecule has 0 bridgehead atoms. The summed E-state index contributed by atoms with van der Waals surface area (Å²) in [6.45, 7) is 4.72. The highest BCUT2D eigenvalue weighted by molar-refractivity contribution is 6.30. The van der Waals surface area contributed by atoms with Crippen LogP contribution < -0.4 is 5.32 Å². The highest BCUT2D eigenvalue weighted by atomic mass is 35.5. The molecule has 1 atom stereocenters. The molecular weight excluding hydrogens is 265 g/mol. The standard InChI is InChI=1S/C14H17ClFN3/c1-3-10(2)19-7-6-12(18-19)9-17-14-5-4-11(15)8-13(14)16/h4-8,10,17H,3,9H2,1-2H3. The molecule has 1 heterocycles. The van der Waals surface area contributed by atoms with Gasteiger partial charge in [0, 0.05) is 17.3 Å². The zero-order valence-corrected chi connectivity index (χ0v) is 11.8. The average Bonchev–Trinajstić information content (AvgIpc) is 2.85. The molecule has 1 N–H and O–H groups in total. The number of rotatable bonds is 5. The van der Waals surface area contributed by atoms with Gasteiger partial charge >= 0.3 is 0 Å². The lowest BCUT2D eigenvalue weighted by Crippen LogP contribution is -2.07. The van der Waals surface area contributed by atoms with Crippen molar-refractivity contribution in [3.63, 3.8) is 0 Å². The molecule has 0 saturated carbocycles. The van der Waals surface area contributed by atoms with Gasteiger partial charge in [-0.15, -0.1) is 0 Å². The first-order valence-corrected chi connectivity index (χ1v) is 6.71. The number of anilines is 1. The fourth-order valence-corrected chi connectivity index (χ4v) is 1.88. The third-order valence-electron chi connectivity index (χ3n) is 3.10. The summed E-state index contributed by atoms with van der Waals surface area (Å²) in [6, 6.07) is 6.89. The first-order chi connectivity index (χ1) is 9.10. The minimum Gasteiger partial charge on any atom is -0.377 e. The van der Waals surface area contributed by atoms with Crippen LogP contribution in [0.5, 0.6) is 0 Å². The van der Waals surface area contributed by atoms with E-state index >= 15 is 0 Å². The van der Waals surface area contributed by atoms with E-state index < -0.39 is 0 Å². The molecule has 2 aromatic rings. The molecule has 102 valence electrons. The van der Waals surface area contributed by atoms with Crippen LogP contribution in [-0.4, -0.2) is 9.78 Å². The summed E-state index contributed by atoms with van der Waals surface area (Å²) in [4.78, 5) is 0. The molecule has 0 spiro atoms. The van der Waals surface area contributed by atoms with Crippen LogP contribution in [0, 0.1) is 5.82 Å². The summed E-state index contributed by atoms with van der Waals surface area (Å²) in [5, 5.41) is 7.86. The highest BCUT2D eigenvalue weighted by Gasteiger charge is 2.06. The zero-order valence-electron chi connectivity index (χ0n) is 11.0. The van der Waals surface area contributed by atoms with Crippen LogP contribution >= 0.6 is 11.6 Å². The number of benzene rings is 1. The van der Waals surface area contributed by atoms with Gasteiger partial charge in [-0.1, -0.05) is 18.5 Å². The summed E-state index contributed by atoms with van der Waals surface area (Å²) >= 11 is 5.70. The van der Waals surface area contributed by atoms with Gasteiger partial charge in [0.05, 0.1) is 17.9 Å². The Balaban J connectivity index is 2.00. The Morgan fingerprint density at radius 2 is 2.21 bits per heavy atom. The summed E-state index contributed by atoms with van der Waals surface area (Å²) in [6.07, 6.45) is 2.98. The second kappa shape index (κ2) is 6.06. The molecule has 3 nitrogen and oxygen atoms in total. The quantitative estimate of drug-likeness (QED) is 0.887. The monoisotopic (exact) mass is 281 g/mol. The van der Waals surface area contributed by atoms with E-state index in [-0.39, 0.29) is 5.82 Å². The molecular formula is C14H17ClFN3. The highest BCUT2D eigenvalue weighted by Crippen LogP contribution is 2.19. The molecule has 0 radical (unpaired) electrons. The summed E-state index contributed by atoms with van der Waals surface area (Å²) < 4.78 is 15.5. The van der Waals surface area contributed by atoms with Gasteiger partial charge in [0.1, 0.15) is 5.82 Å². The van der Waals surface area contributed by atoms with Crippen LogP contribution in [0.3, 0.4) is 0 Å². The summed E-state index contributed by atoms with van der Waals surface area (Å²) in [7, 11) is 0. The second-order valence-electron chi connectivity index (χ2n) is 4.52. The lowest BCUT2D eigenvalue weighted by Gasteiger charge is -2.09. The third-order valence-corrected chi connectivity index (χ3v) is 3.33. The minimum atomic E-state index is -0.353. The Labute approximate surface area is 117 Å². The molecule has 0 saturated heterocycles. The van der Waals surface area contributed by atoms with Crippen molar-refractivity contribution in [1.29, 1.82) is 0 Å². The van der Waals surface area contributed by atoms with Crippen LogP contribution in [0.4, 0.5) is 10.1 Å². The van der Waals surface area contributed by atoms with Gasteiger partial charge in [-0.25, -0.2) is 4.39 Å². The van der Waals surface area contributed by atoms with Crippen molar-refractivity contribution in [3.8, 4) is 0 Å². The van der Waals surface area contributed by atoms with E-state index in [1.165, 1.54) is 6.07 Å². The minimum absolute atomic E-state index is 0.353. The molecule has 1 unspecified atom stereocenters. The van der Waals surface area contributed by atoms with E-state index in [0.29, 0.717) is 23.3 Å². The largest absolute Gasteiger partial charge is 0.377 e. The van der Waals surface area contributed by atoms with Gasteiger partial charge in [0.25, 0.3) is 0 Å². The van der Waals surface area contributed by atoms with E-state index in [4.69, 9.17) is 11.6 Å². The van der Waals surface area contributed by atoms with Crippen LogP contribution in [0.1, 0.15) is 32.0 Å². The second-order valence-corrected chi connectivity index (χ2v) is 4.96. The molecule has 19 heavy (non-hydrogen) atoms. The maximum Gasteiger partial charge on any atom is 0.147 e. The molecule has 1 aromatic carbocycles. The molecule has 2 rings (SSSR count). The van der Waals surface area contributed by atoms with E-state index in [9.17, 15) is 4.39 Å². The molecule has 0 fully saturated rings. The van der Waals surface area contributed by atoms with Gasteiger partial charge < -0.3 is 5.32 Å². The summed E-state index contributed by atoms with van der Waals surface area (Å²) in [5.41, 5.74) is 1.32. The molecule has 0 aliphatic carbocycles. The van der Waals surface area contributed by atoms with E-state index in [1.54, 1.807) is 12.1 Å². The number of aromatic nitrogens is 2. The molecule has 0 aliphatic heterocycles. The van der Waals surface area contributed by atoms with Crippen molar-refractivity contribution in [3.05, 3.63) is 47.0 Å². The third kappa shape index (κ3) is 3.47. The number of halogens is 2. The lowest BCUT2D eigenvalue weighted by molar-refractivity contribution is 0.474. The van der Waals surface area contributed by atoms with Gasteiger partial charge in [0.2, 0.25) is 0 Å². The van der Waals surface area contributed by atoms with Gasteiger partial charge in [-0.2, -0.15) is 5.10 Å². The molecule has 5 heteroatoms. The smallest absolute Gasteiger partial charge is 0.147 e. The van der Waals surface area contributed by atoms with E-state index in [2.05, 4.69) is 24.3 Å². The number of nitrogens with one attached hydrogen (secondary N) is 1.